The van der Waals surface area contributed by atoms with E-state index < -0.39 is 35.8 Å². The van der Waals surface area contributed by atoms with Crippen LogP contribution in [0.25, 0.3) is 0 Å². The second-order valence-electron chi connectivity index (χ2n) is 9.46. The number of hydrogen-bond donors (Lipinski definition) is 3. The van der Waals surface area contributed by atoms with Crippen molar-refractivity contribution in [1.82, 2.24) is 5.32 Å². The van der Waals surface area contributed by atoms with E-state index in [1.54, 1.807) is 18.2 Å². The number of aliphatic hydroxyl groups excluding tert-OH is 1. The van der Waals surface area contributed by atoms with Gasteiger partial charge in [0.2, 0.25) is 0 Å². The second kappa shape index (κ2) is 13.7. The van der Waals surface area contributed by atoms with Gasteiger partial charge in [0.25, 0.3) is 5.91 Å². The van der Waals surface area contributed by atoms with Gasteiger partial charge in [-0.3, -0.25) is 4.79 Å². The SMILES string of the molecule is O=C(O)[C@@H](Cc1ccc(OCc2ccccc2)c(OCc2ccccc2)c1)NC(=O)[C@H](O)c1ccc(C(F)(F)F)cc1. The van der Waals surface area contributed by atoms with Crippen LogP contribution in [0.4, 0.5) is 13.2 Å². The molecule has 3 N–H and O–H groups in total. The van der Waals surface area contributed by atoms with E-state index in [4.69, 9.17) is 9.47 Å². The standard InChI is InChI=1S/C32H28F3NO6/c33-32(34,35)25-14-12-24(13-15-25)29(37)30(38)36-26(31(39)40)17-23-11-16-27(41-19-21-7-3-1-4-8-21)28(18-23)42-20-22-9-5-2-6-10-22/h1-16,18,26,29,37H,17,19-20H2,(H,36,38)(H,39,40)/t26-,29-/m1/s1. The molecule has 2 atom stereocenters. The number of rotatable bonds is 12. The number of halogens is 3. The van der Waals surface area contributed by atoms with E-state index in [1.165, 1.54) is 0 Å². The van der Waals surface area contributed by atoms with Crippen molar-refractivity contribution in [3.05, 3.63) is 131 Å². The number of carbonyl (C=O) groups excluding carboxylic acids is 1. The van der Waals surface area contributed by atoms with Crippen LogP contribution < -0.4 is 14.8 Å². The molecule has 0 unspecified atom stereocenters. The molecular weight excluding hydrogens is 551 g/mol. The van der Waals surface area contributed by atoms with Gasteiger partial charge in [-0.15, -0.1) is 0 Å². The third-order valence-electron chi connectivity index (χ3n) is 6.34. The number of alkyl halides is 3. The molecule has 0 radical (unpaired) electrons. The average Bonchev–Trinajstić information content (AvgIpc) is 2.99. The lowest BCUT2D eigenvalue weighted by molar-refractivity contribution is -0.143. The van der Waals surface area contributed by atoms with Crippen molar-refractivity contribution >= 4 is 11.9 Å². The average molecular weight is 580 g/mol. The van der Waals surface area contributed by atoms with Gasteiger partial charge in [-0.25, -0.2) is 4.79 Å². The zero-order valence-electron chi connectivity index (χ0n) is 22.3. The van der Waals surface area contributed by atoms with E-state index in [0.717, 1.165) is 35.4 Å². The molecule has 0 aliphatic carbocycles. The lowest BCUT2D eigenvalue weighted by Crippen LogP contribution is -2.44. The summed E-state index contributed by atoms with van der Waals surface area (Å²) in [5, 5.41) is 22.4. The lowest BCUT2D eigenvalue weighted by atomic mass is 10.0. The number of ether oxygens (including phenoxy) is 2. The molecule has 42 heavy (non-hydrogen) atoms. The van der Waals surface area contributed by atoms with Gasteiger partial charge < -0.3 is 25.0 Å². The molecule has 4 aromatic carbocycles. The van der Waals surface area contributed by atoms with Gasteiger partial charge in [0.05, 0.1) is 5.56 Å². The molecule has 0 spiro atoms. The van der Waals surface area contributed by atoms with Gasteiger partial charge >= 0.3 is 12.1 Å². The summed E-state index contributed by atoms with van der Waals surface area (Å²) in [6, 6.07) is 25.8. The van der Waals surface area contributed by atoms with Crippen LogP contribution in [0.3, 0.4) is 0 Å². The Kier molecular flexibility index (Phi) is 9.82. The summed E-state index contributed by atoms with van der Waals surface area (Å²) in [6.45, 7) is 0.502. The predicted octanol–water partition coefficient (Wildman–Crippen LogP) is 5.71. The number of aliphatic carboxylic acids is 1. The topological polar surface area (TPSA) is 105 Å². The Morgan fingerprint density at radius 1 is 0.738 bits per heavy atom. The van der Waals surface area contributed by atoms with Crippen LogP contribution in [0.1, 0.15) is 33.9 Å². The highest BCUT2D eigenvalue weighted by Crippen LogP contribution is 2.32. The maximum absolute atomic E-state index is 12.8. The molecule has 218 valence electrons. The summed E-state index contributed by atoms with van der Waals surface area (Å²) in [5.74, 6) is -1.62. The third kappa shape index (κ3) is 8.34. The molecule has 0 heterocycles. The smallest absolute Gasteiger partial charge is 0.416 e. The molecule has 0 saturated heterocycles. The van der Waals surface area contributed by atoms with Crippen LogP contribution in [0.15, 0.2) is 103 Å². The number of nitrogens with one attached hydrogen (secondary N) is 1. The summed E-state index contributed by atoms with van der Waals surface area (Å²) in [4.78, 5) is 24.6. The van der Waals surface area contributed by atoms with Gasteiger partial charge in [0.15, 0.2) is 17.6 Å². The maximum atomic E-state index is 12.8. The Hall–Kier alpha value is -4.83. The quantitative estimate of drug-likeness (QED) is 0.199. The van der Waals surface area contributed by atoms with Gasteiger partial charge in [-0.05, 0) is 46.5 Å². The molecule has 0 aliphatic rings. The number of carboxylic acid groups (broad SMARTS) is 1. The fourth-order valence-corrected chi connectivity index (χ4v) is 4.07. The zero-order valence-corrected chi connectivity index (χ0v) is 22.3. The summed E-state index contributed by atoms with van der Waals surface area (Å²) in [7, 11) is 0. The van der Waals surface area contributed by atoms with Crippen molar-refractivity contribution in [3.8, 4) is 11.5 Å². The number of carboxylic acids is 1. The molecule has 4 rings (SSSR count). The molecule has 1 amide bonds. The van der Waals surface area contributed by atoms with Crippen LogP contribution in [-0.4, -0.2) is 28.1 Å². The van der Waals surface area contributed by atoms with Crippen molar-refractivity contribution < 1.29 is 42.4 Å². The molecule has 0 fully saturated rings. The zero-order chi connectivity index (χ0) is 30.1. The number of carbonyl (C=O) groups is 2. The summed E-state index contributed by atoms with van der Waals surface area (Å²) >= 11 is 0. The first-order valence-corrected chi connectivity index (χ1v) is 12.9. The van der Waals surface area contributed by atoms with Gasteiger partial charge in [-0.1, -0.05) is 78.9 Å². The predicted molar refractivity (Wildman–Crippen MR) is 148 cm³/mol. The van der Waals surface area contributed by atoms with Gasteiger partial charge in [0, 0.05) is 6.42 Å². The Bertz CT molecular complexity index is 1480. The first-order valence-electron chi connectivity index (χ1n) is 12.9. The highest BCUT2D eigenvalue weighted by Gasteiger charge is 2.31. The van der Waals surface area contributed by atoms with E-state index in [9.17, 15) is 33.0 Å². The molecule has 0 aromatic heterocycles. The fourth-order valence-electron chi connectivity index (χ4n) is 4.07. The first kappa shape index (κ1) is 30.1. The minimum atomic E-state index is -4.58. The van der Waals surface area contributed by atoms with Crippen molar-refractivity contribution in [1.29, 1.82) is 0 Å². The van der Waals surface area contributed by atoms with E-state index in [0.29, 0.717) is 17.1 Å². The summed E-state index contributed by atoms with van der Waals surface area (Å²) < 4.78 is 50.5. The van der Waals surface area contributed by atoms with Crippen LogP contribution >= 0.6 is 0 Å². The molecule has 0 saturated carbocycles. The summed E-state index contributed by atoms with van der Waals surface area (Å²) in [6.07, 6.45) is -6.61. The van der Waals surface area contributed by atoms with Crippen molar-refractivity contribution in [3.63, 3.8) is 0 Å². The Morgan fingerprint density at radius 2 is 1.29 bits per heavy atom. The summed E-state index contributed by atoms with van der Waals surface area (Å²) in [5.41, 5.74) is 1.30. The minimum Gasteiger partial charge on any atom is -0.485 e. The Labute approximate surface area is 240 Å². The number of hydrogen-bond acceptors (Lipinski definition) is 5. The number of amides is 1. The van der Waals surface area contributed by atoms with Crippen LogP contribution in [0, 0.1) is 0 Å². The van der Waals surface area contributed by atoms with Gasteiger partial charge in [-0.2, -0.15) is 13.2 Å². The van der Waals surface area contributed by atoms with Crippen LogP contribution in [-0.2, 0) is 35.4 Å². The Balaban J connectivity index is 1.48. The van der Waals surface area contributed by atoms with Crippen molar-refractivity contribution in [2.75, 3.05) is 0 Å². The van der Waals surface area contributed by atoms with Gasteiger partial charge in [0.1, 0.15) is 19.3 Å². The van der Waals surface area contributed by atoms with E-state index >= 15 is 0 Å². The normalized spacial score (nSPS) is 12.7. The van der Waals surface area contributed by atoms with Crippen LogP contribution in [0.2, 0.25) is 0 Å². The number of aliphatic hydroxyl groups is 1. The largest absolute Gasteiger partial charge is 0.485 e. The van der Waals surface area contributed by atoms with E-state index in [1.807, 2.05) is 60.7 Å². The van der Waals surface area contributed by atoms with Crippen LogP contribution in [0.5, 0.6) is 11.5 Å². The van der Waals surface area contributed by atoms with Crippen molar-refractivity contribution in [2.45, 2.75) is 38.0 Å². The maximum Gasteiger partial charge on any atom is 0.416 e. The molecule has 7 nitrogen and oxygen atoms in total. The molecular formula is C32H28F3NO6. The first-order chi connectivity index (χ1) is 20.1. The molecule has 0 aliphatic heterocycles. The van der Waals surface area contributed by atoms with E-state index in [2.05, 4.69) is 5.32 Å². The lowest BCUT2D eigenvalue weighted by Gasteiger charge is -2.19. The second-order valence-corrected chi connectivity index (χ2v) is 9.46. The number of benzene rings is 4. The minimum absolute atomic E-state index is 0.110. The fraction of sp³-hybridized carbons (Fsp3) is 0.188. The highest BCUT2D eigenvalue weighted by atomic mass is 19.4. The monoisotopic (exact) mass is 579 g/mol. The molecule has 0 bridgehead atoms. The van der Waals surface area contributed by atoms with E-state index in [-0.39, 0.29) is 25.2 Å². The Morgan fingerprint density at radius 3 is 1.81 bits per heavy atom. The molecule has 10 heteroatoms. The highest BCUT2D eigenvalue weighted by molar-refractivity contribution is 5.87. The third-order valence-corrected chi connectivity index (χ3v) is 6.34. The molecule has 4 aromatic rings. The van der Waals surface area contributed by atoms with Crippen molar-refractivity contribution in [2.24, 2.45) is 0 Å².